The molecule has 0 spiro atoms. The first-order chi connectivity index (χ1) is 20.1. The second kappa shape index (κ2) is 11.8. The van der Waals surface area contributed by atoms with E-state index in [1.165, 1.54) is 11.8 Å². The summed E-state index contributed by atoms with van der Waals surface area (Å²) in [6, 6.07) is 10.1. The summed E-state index contributed by atoms with van der Waals surface area (Å²) in [6.07, 6.45) is 4.78. The molecule has 210 valence electrons. The van der Waals surface area contributed by atoms with Crippen molar-refractivity contribution in [2.45, 2.75) is 50.5 Å². The summed E-state index contributed by atoms with van der Waals surface area (Å²) in [5.41, 5.74) is 2.10. The van der Waals surface area contributed by atoms with Crippen LogP contribution in [0.5, 0.6) is 0 Å². The van der Waals surface area contributed by atoms with E-state index in [-0.39, 0.29) is 23.8 Å². The maximum atomic E-state index is 12.7. The van der Waals surface area contributed by atoms with Gasteiger partial charge in [-0.3, -0.25) is 14.5 Å². The minimum atomic E-state index is -0.366. The first-order valence-corrected chi connectivity index (χ1v) is 13.8. The Morgan fingerprint density at radius 3 is 2.46 bits per heavy atom. The van der Waals surface area contributed by atoms with E-state index in [2.05, 4.69) is 58.2 Å². The Morgan fingerprint density at radius 2 is 1.76 bits per heavy atom. The van der Waals surface area contributed by atoms with Crippen molar-refractivity contribution < 1.29 is 4.79 Å². The van der Waals surface area contributed by atoms with Gasteiger partial charge in [-0.1, -0.05) is 17.3 Å². The summed E-state index contributed by atoms with van der Waals surface area (Å²) in [4.78, 5) is 38.4. The van der Waals surface area contributed by atoms with Gasteiger partial charge in [0.2, 0.25) is 5.91 Å². The predicted molar refractivity (Wildman–Crippen MR) is 148 cm³/mol. The molecule has 14 nitrogen and oxygen atoms in total. The van der Waals surface area contributed by atoms with Crippen LogP contribution in [0.15, 0.2) is 35.3 Å². The molecule has 0 radical (unpaired) electrons. The maximum absolute atomic E-state index is 12.7. The number of aromatic nitrogens is 8. The number of piperidine rings is 2. The van der Waals surface area contributed by atoms with Crippen LogP contribution in [0, 0.1) is 11.3 Å². The van der Waals surface area contributed by atoms with Gasteiger partial charge in [0.05, 0.1) is 12.3 Å². The lowest BCUT2D eigenvalue weighted by atomic mass is 9.95. The summed E-state index contributed by atoms with van der Waals surface area (Å²) in [5.74, 6) is 2.05. The standard InChI is InChI=1S/C27H30N12O2/c28-10-5-22(40)39-13-8-18(9-14-39)24-31-21-15-29-35-27(41)23(21)26(32-24)30-20-3-1-17(2-4-20)16-38-11-6-19(7-12-38)25-33-36-37-34-25/h1-4,15,18-19H,5-9,11-14,16H2,(H,35,41)(H,30,31,32)(H,33,34,36,37). The van der Waals surface area contributed by atoms with Crippen LogP contribution < -0.4 is 10.9 Å². The van der Waals surface area contributed by atoms with Gasteiger partial charge in [-0.25, -0.2) is 15.1 Å². The Bertz CT molecular complexity index is 1600. The number of anilines is 2. The van der Waals surface area contributed by atoms with E-state index in [1.807, 2.05) is 18.2 Å². The van der Waals surface area contributed by atoms with Crippen LogP contribution in [0.4, 0.5) is 11.5 Å². The Morgan fingerprint density at radius 1 is 1.02 bits per heavy atom. The van der Waals surface area contributed by atoms with Gasteiger partial charge >= 0.3 is 0 Å². The molecule has 1 aromatic carbocycles. The highest BCUT2D eigenvalue weighted by Gasteiger charge is 2.27. The number of likely N-dealkylation sites (tertiary alicyclic amines) is 2. The van der Waals surface area contributed by atoms with Gasteiger partial charge in [0.25, 0.3) is 5.56 Å². The second-order valence-electron chi connectivity index (χ2n) is 10.5. The molecule has 0 saturated carbocycles. The van der Waals surface area contributed by atoms with Gasteiger partial charge in [0.15, 0.2) is 5.82 Å². The zero-order chi connectivity index (χ0) is 28.2. The Hall–Kier alpha value is -4.77. The number of nitriles is 1. The summed E-state index contributed by atoms with van der Waals surface area (Å²) < 4.78 is 0. The molecule has 41 heavy (non-hydrogen) atoms. The number of aromatic amines is 2. The largest absolute Gasteiger partial charge is 0.342 e. The zero-order valence-electron chi connectivity index (χ0n) is 22.5. The van der Waals surface area contributed by atoms with Gasteiger partial charge in [-0.15, -0.1) is 10.2 Å². The topological polar surface area (TPSA) is 185 Å². The summed E-state index contributed by atoms with van der Waals surface area (Å²) in [5, 5.41) is 33.4. The molecule has 2 aliphatic rings. The predicted octanol–water partition coefficient (Wildman–Crippen LogP) is 1.97. The summed E-state index contributed by atoms with van der Waals surface area (Å²) in [7, 11) is 0. The molecule has 2 aliphatic heterocycles. The molecule has 14 heteroatoms. The third-order valence-corrected chi connectivity index (χ3v) is 7.91. The van der Waals surface area contributed by atoms with Crippen molar-refractivity contribution in [3.8, 4) is 6.07 Å². The lowest BCUT2D eigenvalue weighted by Gasteiger charge is -2.31. The fraction of sp³-hybridized carbons (Fsp3) is 0.444. The van der Waals surface area contributed by atoms with Crippen molar-refractivity contribution in [2.75, 3.05) is 31.5 Å². The zero-order valence-corrected chi connectivity index (χ0v) is 22.5. The molecule has 4 aromatic rings. The number of nitrogens with zero attached hydrogens (tertiary/aromatic N) is 9. The smallest absolute Gasteiger partial charge is 0.277 e. The fourth-order valence-corrected chi connectivity index (χ4v) is 5.64. The lowest BCUT2D eigenvalue weighted by Crippen LogP contribution is -2.38. The number of benzene rings is 1. The van der Waals surface area contributed by atoms with Crippen molar-refractivity contribution in [1.82, 2.24) is 50.6 Å². The van der Waals surface area contributed by atoms with Gasteiger partial charge in [-0.05, 0) is 56.5 Å². The number of H-pyrrole nitrogens is 2. The molecule has 2 saturated heterocycles. The fourth-order valence-electron chi connectivity index (χ4n) is 5.64. The van der Waals surface area contributed by atoms with Crippen molar-refractivity contribution >= 4 is 28.3 Å². The van der Waals surface area contributed by atoms with Gasteiger partial charge in [0, 0.05) is 37.2 Å². The van der Waals surface area contributed by atoms with Crippen molar-refractivity contribution in [2.24, 2.45) is 0 Å². The van der Waals surface area contributed by atoms with E-state index in [0.717, 1.165) is 44.0 Å². The van der Waals surface area contributed by atoms with E-state index < -0.39 is 0 Å². The van der Waals surface area contributed by atoms with Gasteiger partial charge in [-0.2, -0.15) is 15.6 Å². The lowest BCUT2D eigenvalue weighted by molar-refractivity contribution is -0.131. The summed E-state index contributed by atoms with van der Waals surface area (Å²) in [6.45, 7) is 3.87. The number of tetrazole rings is 1. The van der Waals surface area contributed by atoms with E-state index in [0.29, 0.717) is 54.4 Å². The van der Waals surface area contributed by atoms with E-state index in [1.54, 1.807) is 4.90 Å². The number of rotatable bonds is 7. The Balaban J connectivity index is 1.14. The average molecular weight is 555 g/mol. The third kappa shape index (κ3) is 5.90. The highest BCUT2D eigenvalue weighted by Crippen LogP contribution is 2.30. The molecular weight excluding hydrogens is 524 g/mol. The minimum absolute atomic E-state index is 0.0250. The molecule has 0 bridgehead atoms. The third-order valence-electron chi connectivity index (χ3n) is 7.91. The monoisotopic (exact) mass is 554 g/mol. The molecule has 2 fully saturated rings. The molecule has 0 aliphatic carbocycles. The van der Waals surface area contributed by atoms with Crippen LogP contribution in [0.2, 0.25) is 0 Å². The maximum Gasteiger partial charge on any atom is 0.277 e. The van der Waals surface area contributed by atoms with Crippen LogP contribution in [-0.2, 0) is 11.3 Å². The van der Waals surface area contributed by atoms with Crippen LogP contribution in [-0.4, -0.2) is 82.7 Å². The number of nitrogens with one attached hydrogen (secondary N) is 3. The molecule has 3 aromatic heterocycles. The number of carbonyl (C=O) groups is 1. The van der Waals surface area contributed by atoms with Crippen LogP contribution >= 0.6 is 0 Å². The molecule has 0 unspecified atom stereocenters. The van der Waals surface area contributed by atoms with Gasteiger partial charge < -0.3 is 10.2 Å². The first-order valence-electron chi connectivity index (χ1n) is 13.8. The average Bonchev–Trinajstić information content (AvgIpc) is 3.54. The number of hydrogen-bond acceptors (Lipinski definition) is 11. The van der Waals surface area contributed by atoms with Crippen LogP contribution in [0.25, 0.3) is 10.9 Å². The minimum Gasteiger partial charge on any atom is -0.342 e. The molecule has 1 amide bonds. The Kier molecular flexibility index (Phi) is 7.59. The van der Waals surface area contributed by atoms with Crippen molar-refractivity contribution in [1.29, 1.82) is 5.26 Å². The van der Waals surface area contributed by atoms with E-state index >= 15 is 0 Å². The van der Waals surface area contributed by atoms with Crippen molar-refractivity contribution in [3.63, 3.8) is 0 Å². The number of carbonyl (C=O) groups excluding carboxylic acids is 1. The first kappa shape index (κ1) is 26.5. The quantitative estimate of drug-likeness (QED) is 0.303. The van der Waals surface area contributed by atoms with E-state index in [9.17, 15) is 9.59 Å². The highest BCUT2D eigenvalue weighted by atomic mass is 16.2. The number of hydrogen-bond donors (Lipinski definition) is 3. The number of amides is 1. The normalized spacial score (nSPS) is 17.0. The molecular formula is C27H30N12O2. The van der Waals surface area contributed by atoms with Crippen LogP contribution in [0.3, 0.4) is 0 Å². The van der Waals surface area contributed by atoms with Gasteiger partial charge in [0.1, 0.15) is 29.0 Å². The molecule has 5 heterocycles. The van der Waals surface area contributed by atoms with E-state index in [4.69, 9.17) is 10.2 Å². The second-order valence-corrected chi connectivity index (χ2v) is 10.5. The van der Waals surface area contributed by atoms with Crippen LogP contribution in [0.1, 0.15) is 61.2 Å². The number of fused-ring (bicyclic) bond motifs is 1. The summed E-state index contributed by atoms with van der Waals surface area (Å²) >= 11 is 0. The highest BCUT2D eigenvalue weighted by molar-refractivity contribution is 5.89. The molecule has 3 N–H and O–H groups in total. The Labute approximate surface area is 235 Å². The van der Waals surface area contributed by atoms with Crippen molar-refractivity contribution in [3.05, 3.63) is 58.0 Å². The molecule has 0 atom stereocenters. The molecule has 6 rings (SSSR count). The SMILES string of the molecule is N#CCC(=O)N1CCC(c2nc(Nc3ccc(CN4CCC(c5nn[nH]n5)CC4)cc3)c3c(=O)[nH]ncc3n2)CC1.